The number of aliphatic hydroxyl groups is 3. The van der Waals surface area contributed by atoms with Gasteiger partial charge in [-0.15, -0.1) is 0 Å². The smallest absolute Gasteiger partial charge is 0.313 e. The summed E-state index contributed by atoms with van der Waals surface area (Å²) in [6.45, 7) is 13.9. The fourth-order valence-electron chi connectivity index (χ4n) is 13.3. The fraction of sp³-hybridized carbons (Fsp3) is 0.944. The lowest BCUT2D eigenvalue weighted by molar-refractivity contribution is -0.316. The molecule has 9 nitrogen and oxygen atoms in total. The third-order valence-corrected chi connectivity index (χ3v) is 17.2. The van der Waals surface area contributed by atoms with Crippen molar-refractivity contribution in [1.29, 1.82) is 0 Å². The van der Waals surface area contributed by atoms with E-state index in [0.717, 1.165) is 44.9 Å². The lowest BCUT2D eigenvalue weighted by atomic mass is 9.30. The van der Waals surface area contributed by atoms with Crippen LogP contribution in [0.1, 0.15) is 106 Å². The lowest BCUT2D eigenvalue weighted by Crippen LogP contribution is -2.75. The zero-order chi connectivity index (χ0) is 33.5. The first-order valence-electron chi connectivity index (χ1n) is 17.7. The molecule has 7 fully saturated rings. The molecule has 15 atom stereocenters. The minimum Gasteiger partial charge on any atom is -0.469 e. The first-order valence-corrected chi connectivity index (χ1v) is 18.6. The number of methoxy groups -OCH3 is 1. The Hall–Kier alpha value is -0.780. The van der Waals surface area contributed by atoms with E-state index < -0.39 is 41.0 Å². The maximum atomic E-state index is 14.1. The van der Waals surface area contributed by atoms with E-state index in [1.54, 1.807) is 0 Å². The maximum Gasteiger partial charge on any atom is 0.313 e. The normalized spacial score (nSPS) is 57.3. The summed E-state index contributed by atoms with van der Waals surface area (Å²) in [5, 5.41) is 30.9. The van der Waals surface area contributed by atoms with E-state index in [0.29, 0.717) is 31.1 Å². The molecule has 2 saturated heterocycles. The second-order valence-corrected chi connectivity index (χ2v) is 19.1. The number of rotatable bonds is 3. The van der Waals surface area contributed by atoms with Gasteiger partial charge in [-0.2, -0.15) is 0 Å². The highest BCUT2D eigenvalue weighted by molar-refractivity contribution is 9.09. The van der Waals surface area contributed by atoms with E-state index in [1.165, 1.54) is 7.11 Å². The first kappa shape index (κ1) is 33.7. The molecule has 46 heavy (non-hydrogen) atoms. The predicted octanol–water partition coefficient (Wildman–Crippen LogP) is 4.90. The third-order valence-electron chi connectivity index (χ3n) is 16.1. The average molecular weight is 712 g/mol. The van der Waals surface area contributed by atoms with E-state index in [2.05, 4.69) is 50.5 Å². The first-order chi connectivity index (χ1) is 21.4. The van der Waals surface area contributed by atoms with Crippen molar-refractivity contribution in [3.05, 3.63) is 0 Å². The number of fused-ring (bicyclic) bond motifs is 4. The van der Waals surface area contributed by atoms with Gasteiger partial charge in [0.05, 0.1) is 35.5 Å². The fourth-order valence-corrected chi connectivity index (χ4v) is 14.6. The van der Waals surface area contributed by atoms with Gasteiger partial charge in [-0.3, -0.25) is 9.59 Å². The predicted molar refractivity (Wildman–Crippen MR) is 171 cm³/mol. The molecule has 5 saturated carbocycles. The number of hydrogen-bond acceptors (Lipinski definition) is 9. The van der Waals surface area contributed by atoms with Crippen LogP contribution in [0.5, 0.6) is 0 Å². The van der Waals surface area contributed by atoms with Crippen LogP contribution in [0.25, 0.3) is 0 Å². The van der Waals surface area contributed by atoms with E-state index in [4.69, 9.17) is 18.9 Å². The maximum absolute atomic E-state index is 14.1. The molecule has 0 aromatic rings. The quantitative estimate of drug-likeness (QED) is 0.213. The number of halogens is 1. The highest BCUT2D eigenvalue weighted by Crippen LogP contribution is 2.81. The van der Waals surface area contributed by atoms with Gasteiger partial charge in [0.15, 0.2) is 6.29 Å². The number of carbonyl (C=O) groups excluding carboxylic acids is 2. The summed E-state index contributed by atoms with van der Waals surface area (Å²) in [6, 6.07) is 0. The summed E-state index contributed by atoms with van der Waals surface area (Å²) in [5.41, 5.74) is -2.47. The van der Waals surface area contributed by atoms with Gasteiger partial charge in [-0.25, -0.2) is 0 Å². The molecule has 260 valence electrons. The second-order valence-electron chi connectivity index (χ2n) is 18.0. The number of hydrogen-bond donors (Lipinski definition) is 3. The Labute approximate surface area is 281 Å². The van der Waals surface area contributed by atoms with Crippen LogP contribution in [0, 0.1) is 50.2 Å². The molecular weight excluding hydrogens is 656 g/mol. The van der Waals surface area contributed by atoms with Crippen molar-refractivity contribution < 1.29 is 43.9 Å². The largest absolute Gasteiger partial charge is 0.469 e. The van der Waals surface area contributed by atoms with Crippen LogP contribution >= 0.6 is 15.9 Å². The van der Waals surface area contributed by atoms with E-state index in [-0.39, 0.29) is 57.1 Å². The summed E-state index contributed by atoms with van der Waals surface area (Å²) in [6.07, 6.45) is 3.43. The highest BCUT2D eigenvalue weighted by Gasteiger charge is 2.83. The number of aliphatic hydroxyl groups excluding tert-OH is 3. The van der Waals surface area contributed by atoms with Crippen molar-refractivity contribution in [3.8, 4) is 0 Å². The van der Waals surface area contributed by atoms with Crippen molar-refractivity contribution in [2.24, 2.45) is 50.2 Å². The molecule has 0 radical (unpaired) electrons. The number of alkyl halides is 1. The Balaban J connectivity index is 1.22. The van der Waals surface area contributed by atoms with Crippen LogP contribution in [0.3, 0.4) is 0 Å². The van der Waals surface area contributed by atoms with Crippen molar-refractivity contribution in [2.45, 2.75) is 147 Å². The average Bonchev–Trinajstić information content (AvgIpc) is 3.20. The molecule has 2 heterocycles. The van der Waals surface area contributed by atoms with Crippen LogP contribution < -0.4 is 0 Å². The minimum atomic E-state index is -1.31. The van der Waals surface area contributed by atoms with Crippen LogP contribution in [0.4, 0.5) is 0 Å². The van der Waals surface area contributed by atoms with E-state index in [1.807, 2.05) is 6.92 Å². The number of carbonyl (C=O) groups is 2. The van der Waals surface area contributed by atoms with Gasteiger partial charge < -0.3 is 34.3 Å². The Morgan fingerprint density at radius 1 is 0.891 bits per heavy atom. The molecule has 0 aromatic heterocycles. The van der Waals surface area contributed by atoms with E-state index >= 15 is 0 Å². The molecule has 10 heteroatoms. The molecular formula is C36H55BrO9. The standard InChI is InChI=1S/C36H55BrO9/c1-30(2)20-8-11-33(5)21(32(20,4)10-9-24(30)45-27-26(40)25(39)19(38)18-44-27)16-23(37)36-22-17-31(3,28(41)43-7)12-14-35(22,29(42)46-36)15-13-34(33,36)6/h19-27,38-40H,8-18H2,1-7H3/t19-,20-,21+,22+,23-,24-,25-,26+,27-,31+,32-,33+,34-,35-,36+/m0/s1. The molecule has 0 unspecified atom stereocenters. The van der Waals surface area contributed by atoms with E-state index in [9.17, 15) is 24.9 Å². The topological polar surface area (TPSA) is 132 Å². The number of ether oxygens (including phenoxy) is 4. The van der Waals surface area contributed by atoms with Crippen molar-refractivity contribution in [3.63, 3.8) is 0 Å². The summed E-state index contributed by atoms with van der Waals surface area (Å²) in [5.74, 6) is 0.428. The third kappa shape index (κ3) is 3.92. The van der Waals surface area contributed by atoms with Crippen molar-refractivity contribution in [1.82, 2.24) is 0 Å². The van der Waals surface area contributed by atoms with Crippen molar-refractivity contribution in [2.75, 3.05) is 13.7 Å². The lowest BCUT2D eigenvalue weighted by Gasteiger charge is -2.75. The number of esters is 2. The summed E-state index contributed by atoms with van der Waals surface area (Å²) < 4.78 is 24.3. The molecule has 0 aromatic carbocycles. The van der Waals surface area contributed by atoms with Gasteiger partial charge in [0.2, 0.25) is 0 Å². The molecule has 7 aliphatic rings. The molecule has 2 bridgehead atoms. The molecule has 3 N–H and O–H groups in total. The summed E-state index contributed by atoms with van der Waals surface area (Å²) in [4.78, 5) is 27.2. The second kappa shape index (κ2) is 10.4. The van der Waals surface area contributed by atoms with Crippen LogP contribution in [-0.2, 0) is 28.5 Å². The Bertz CT molecular complexity index is 1290. The Kier molecular flexibility index (Phi) is 7.60. The van der Waals surface area contributed by atoms with Gasteiger partial charge >= 0.3 is 11.9 Å². The van der Waals surface area contributed by atoms with Crippen LogP contribution in [-0.4, -0.2) is 82.1 Å². The molecule has 7 rings (SSSR count). The highest BCUT2D eigenvalue weighted by atomic mass is 79.9. The molecule has 2 aliphatic heterocycles. The van der Waals surface area contributed by atoms with Crippen LogP contribution in [0.15, 0.2) is 0 Å². The van der Waals surface area contributed by atoms with Gasteiger partial charge in [-0.1, -0.05) is 50.5 Å². The summed E-state index contributed by atoms with van der Waals surface area (Å²) >= 11 is 4.23. The van der Waals surface area contributed by atoms with Crippen molar-refractivity contribution >= 4 is 27.9 Å². The van der Waals surface area contributed by atoms with Crippen LogP contribution in [0.2, 0.25) is 0 Å². The molecule has 1 spiro atoms. The molecule has 0 amide bonds. The molecule has 5 aliphatic carbocycles. The monoisotopic (exact) mass is 710 g/mol. The zero-order valence-electron chi connectivity index (χ0n) is 28.6. The van der Waals surface area contributed by atoms with Gasteiger partial charge in [0.25, 0.3) is 0 Å². The van der Waals surface area contributed by atoms with Gasteiger partial charge in [0.1, 0.15) is 23.9 Å². The Morgan fingerprint density at radius 3 is 2.28 bits per heavy atom. The van der Waals surface area contributed by atoms with Gasteiger partial charge in [-0.05, 0) is 99.2 Å². The summed E-state index contributed by atoms with van der Waals surface area (Å²) in [7, 11) is 1.47. The SMILES string of the molecule is COC(=O)[C@]1(C)CC[C@@]23CC[C@]4(C)[C@@](OC2=O)([C@@H]3C1)[C@@H](Br)C[C@@H]1[C@@]2(C)CC[C@H](O[C@@H]3OC[C@H](O)[C@H](O)[C@H]3O)C(C)(C)[C@@H]2CC[C@]14C. The Morgan fingerprint density at radius 2 is 1.59 bits per heavy atom. The zero-order valence-corrected chi connectivity index (χ0v) is 30.2. The van der Waals surface area contributed by atoms with Gasteiger partial charge in [0, 0.05) is 11.3 Å². The minimum absolute atomic E-state index is 0.00100.